The average molecular weight is 450 g/mol. The Bertz CT molecular complexity index is 1170. The molecule has 1 aromatic heterocycles. The minimum absolute atomic E-state index is 0.0375. The van der Waals surface area contributed by atoms with Crippen molar-refractivity contribution in [1.29, 1.82) is 0 Å². The molecule has 2 amide bonds. The van der Waals surface area contributed by atoms with Crippen molar-refractivity contribution in [2.24, 2.45) is 0 Å². The van der Waals surface area contributed by atoms with Crippen LogP contribution in [0.2, 0.25) is 0 Å². The molecule has 33 heavy (non-hydrogen) atoms. The van der Waals surface area contributed by atoms with Crippen LogP contribution in [0.4, 0.5) is 17.2 Å². The molecule has 2 aromatic carbocycles. The number of fused-ring (bicyclic) bond motifs is 1. The van der Waals surface area contributed by atoms with Crippen LogP contribution >= 0.6 is 0 Å². The summed E-state index contributed by atoms with van der Waals surface area (Å²) in [6.07, 6.45) is -1.38. The van der Waals surface area contributed by atoms with Crippen LogP contribution in [-0.2, 0) is 14.3 Å². The van der Waals surface area contributed by atoms with Gasteiger partial charge in [0, 0.05) is 29.5 Å². The number of hydrogen-bond acceptors (Lipinski definition) is 7. The number of aromatic nitrogens is 1. The first-order chi connectivity index (χ1) is 15.8. The lowest BCUT2D eigenvalue weighted by atomic mass is 10.1. The number of pyridine rings is 1. The van der Waals surface area contributed by atoms with Crippen LogP contribution in [0, 0.1) is 0 Å². The standard InChI is InChI=1S/C24H26N4O5/c1-14(2)33-18-6-4-17(5-7-18)28-11-12-32-21(24(28)31)20(29)23(30)27-16-3-8-19-15(13-16)9-10-26-22(19)25/h3-10,13-14,20-21,29H,11-12H2,1-2H3,(H2,25,26)(H,27,30)/t20?,21-/m1/s1. The number of amides is 2. The largest absolute Gasteiger partial charge is 0.491 e. The first-order valence-corrected chi connectivity index (χ1v) is 10.7. The van der Waals surface area contributed by atoms with Crippen molar-refractivity contribution >= 4 is 39.8 Å². The zero-order chi connectivity index (χ0) is 23.5. The van der Waals surface area contributed by atoms with Crippen molar-refractivity contribution in [3.8, 4) is 5.75 Å². The van der Waals surface area contributed by atoms with E-state index in [0.717, 1.165) is 10.8 Å². The summed E-state index contributed by atoms with van der Waals surface area (Å²) < 4.78 is 11.1. The number of carbonyl (C=O) groups is 2. The molecule has 2 atom stereocenters. The molecule has 9 nitrogen and oxygen atoms in total. The van der Waals surface area contributed by atoms with Crippen LogP contribution < -0.4 is 20.7 Å². The predicted molar refractivity (Wildman–Crippen MR) is 125 cm³/mol. The fraction of sp³-hybridized carbons (Fsp3) is 0.292. The normalized spacial score (nSPS) is 17.3. The van der Waals surface area contributed by atoms with Gasteiger partial charge in [-0.2, -0.15) is 0 Å². The summed E-state index contributed by atoms with van der Waals surface area (Å²) in [5.74, 6) is -0.148. The summed E-state index contributed by atoms with van der Waals surface area (Å²) in [4.78, 5) is 31.2. The van der Waals surface area contributed by atoms with E-state index in [1.54, 1.807) is 54.7 Å². The van der Waals surface area contributed by atoms with Gasteiger partial charge >= 0.3 is 0 Å². The number of aliphatic hydroxyl groups is 1. The zero-order valence-electron chi connectivity index (χ0n) is 18.4. The number of rotatable bonds is 6. The van der Waals surface area contributed by atoms with Crippen LogP contribution in [0.25, 0.3) is 10.8 Å². The molecule has 0 aliphatic carbocycles. The van der Waals surface area contributed by atoms with E-state index in [9.17, 15) is 14.7 Å². The molecule has 0 radical (unpaired) electrons. The smallest absolute Gasteiger partial charge is 0.259 e. The number of nitrogens with two attached hydrogens (primary N) is 1. The van der Waals surface area contributed by atoms with Gasteiger partial charge in [0.1, 0.15) is 11.6 Å². The molecule has 2 heterocycles. The number of carbonyl (C=O) groups excluding carboxylic acids is 2. The molecule has 4 N–H and O–H groups in total. The molecule has 1 fully saturated rings. The average Bonchev–Trinajstić information content (AvgIpc) is 2.79. The maximum atomic E-state index is 13.0. The molecule has 3 aromatic rings. The number of ether oxygens (including phenoxy) is 2. The molecule has 0 saturated carbocycles. The number of hydrogen-bond donors (Lipinski definition) is 3. The number of benzene rings is 2. The van der Waals surface area contributed by atoms with E-state index in [-0.39, 0.29) is 12.7 Å². The number of morpholine rings is 1. The molecule has 0 bridgehead atoms. The van der Waals surface area contributed by atoms with E-state index in [2.05, 4.69) is 10.3 Å². The van der Waals surface area contributed by atoms with E-state index in [1.807, 2.05) is 13.8 Å². The van der Waals surface area contributed by atoms with Crippen LogP contribution in [0.5, 0.6) is 5.75 Å². The first kappa shape index (κ1) is 22.5. The van der Waals surface area contributed by atoms with Crippen LogP contribution in [0.3, 0.4) is 0 Å². The maximum absolute atomic E-state index is 13.0. The third-order valence-corrected chi connectivity index (χ3v) is 5.26. The van der Waals surface area contributed by atoms with Crippen molar-refractivity contribution in [3.63, 3.8) is 0 Å². The molecule has 9 heteroatoms. The van der Waals surface area contributed by atoms with Gasteiger partial charge < -0.3 is 30.5 Å². The monoisotopic (exact) mass is 450 g/mol. The Morgan fingerprint density at radius 3 is 2.73 bits per heavy atom. The Balaban J connectivity index is 1.45. The third-order valence-electron chi connectivity index (χ3n) is 5.26. The Morgan fingerprint density at radius 2 is 2.00 bits per heavy atom. The molecule has 1 aliphatic heterocycles. The molecule has 1 unspecified atom stereocenters. The Morgan fingerprint density at radius 1 is 1.24 bits per heavy atom. The summed E-state index contributed by atoms with van der Waals surface area (Å²) in [5, 5.41) is 14.8. The van der Waals surface area contributed by atoms with E-state index in [1.165, 1.54) is 4.90 Å². The Hall–Kier alpha value is -3.69. The van der Waals surface area contributed by atoms with E-state index < -0.39 is 24.0 Å². The third kappa shape index (κ3) is 4.89. The van der Waals surface area contributed by atoms with E-state index in [4.69, 9.17) is 15.2 Å². The molecule has 0 spiro atoms. The van der Waals surface area contributed by atoms with Gasteiger partial charge in [0.15, 0.2) is 12.2 Å². The number of anilines is 3. The molecule has 1 aliphatic rings. The Kier molecular flexibility index (Phi) is 6.43. The minimum Gasteiger partial charge on any atom is -0.491 e. The van der Waals surface area contributed by atoms with Gasteiger partial charge in [0.05, 0.1) is 12.7 Å². The Labute approximate surface area is 191 Å². The van der Waals surface area contributed by atoms with Gasteiger partial charge in [0.2, 0.25) is 0 Å². The summed E-state index contributed by atoms with van der Waals surface area (Å²) in [5.41, 5.74) is 6.95. The van der Waals surface area contributed by atoms with Gasteiger partial charge in [-0.25, -0.2) is 4.98 Å². The van der Waals surface area contributed by atoms with Gasteiger partial charge in [-0.1, -0.05) is 0 Å². The highest BCUT2D eigenvalue weighted by Gasteiger charge is 2.39. The van der Waals surface area contributed by atoms with Crippen molar-refractivity contribution in [1.82, 2.24) is 4.98 Å². The topological polar surface area (TPSA) is 127 Å². The molecule has 4 rings (SSSR count). The number of nitrogens with zero attached hydrogens (tertiary/aromatic N) is 2. The van der Waals surface area contributed by atoms with Crippen LogP contribution in [0.15, 0.2) is 54.7 Å². The number of nitrogens with one attached hydrogen (secondary N) is 1. The van der Waals surface area contributed by atoms with Crippen molar-refractivity contribution in [2.75, 3.05) is 29.1 Å². The highest BCUT2D eigenvalue weighted by atomic mass is 16.5. The number of nitrogen functional groups attached to an aromatic ring is 1. The lowest BCUT2D eigenvalue weighted by Crippen LogP contribution is -2.55. The fourth-order valence-electron chi connectivity index (χ4n) is 3.70. The highest BCUT2D eigenvalue weighted by molar-refractivity contribution is 6.04. The highest BCUT2D eigenvalue weighted by Crippen LogP contribution is 2.25. The molecular formula is C24H26N4O5. The first-order valence-electron chi connectivity index (χ1n) is 10.7. The summed E-state index contributed by atoms with van der Waals surface area (Å²) in [6, 6.07) is 13.9. The van der Waals surface area contributed by atoms with Gasteiger partial charge in [-0.15, -0.1) is 0 Å². The van der Waals surface area contributed by atoms with Gasteiger partial charge in [-0.05, 0) is 67.8 Å². The van der Waals surface area contributed by atoms with Crippen molar-refractivity contribution in [3.05, 3.63) is 54.7 Å². The van der Waals surface area contributed by atoms with Crippen molar-refractivity contribution in [2.45, 2.75) is 32.2 Å². The van der Waals surface area contributed by atoms with Gasteiger partial charge in [-0.3, -0.25) is 9.59 Å². The van der Waals surface area contributed by atoms with Gasteiger partial charge in [0.25, 0.3) is 11.8 Å². The predicted octanol–water partition coefficient (Wildman–Crippen LogP) is 2.34. The maximum Gasteiger partial charge on any atom is 0.259 e. The lowest BCUT2D eigenvalue weighted by molar-refractivity contribution is -0.150. The molecule has 1 saturated heterocycles. The quantitative estimate of drug-likeness (QED) is 0.526. The molecule has 172 valence electrons. The SMILES string of the molecule is CC(C)Oc1ccc(N2CCO[C@H](C(O)C(=O)Nc3ccc4c(N)nccc4c3)C2=O)cc1. The van der Waals surface area contributed by atoms with E-state index >= 15 is 0 Å². The lowest BCUT2D eigenvalue weighted by Gasteiger charge is -2.34. The second kappa shape index (κ2) is 9.43. The van der Waals surface area contributed by atoms with Crippen LogP contribution in [-0.4, -0.2) is 53.4 Å². The van der Waals surface area contributed by atoms with E-state index in [0.29, 0.717) is 29.5 Å². The fourth-order valence-corrected chi connectivity index (χ4v) is 3.70. The zero-order valence-corrected chi connectivity index (χ0v) is 18.4. The molecular weight excluding hydrogens is 424 g/mol. The summed E-state index contributed by atoms with van der Waals surface area (Å²) >= 11 is 0. The minimum atomic E-state index is -1.68. The van der Waals surface area contributed by atoms with Crippen LogP contribution in [0.1, 0.15) is 13.8 Å². The summed E-state index contributed by atoms with van der Waals surface area (Å²) in [6.45, 7) is 4.36. The van der Waals surface area contributed by atoms with Crippen molar-refractivity contribution < 1.29 is 24.2 Å². The summed E-state index contributed by atoms with van der Waals surface area (Å²) in [7, 11) is 0. The second-order valence-corrected chi connectivity index (χ2v) is 8.01. The number of aliphatic hydroxyl groups excluding tert-OH is 1. The second-order valence-electron chi connectivity index (χ2n) is 8.01.